The average molecular weight is 240 g/mol. The first-order valence-electron chi connectivity index (χ1n) is 4.91. The predicted molar refractivity (Wildman–Crippen MR) is 60.9 cm³/mol. The van der Waals surface area contributed by atoms with Crippen molar-refractivity contribution in [1.82, 2.24) is 4.90 Å². The van der Waals surface area contributed by atoms with E-state index in [1.807, 2.05) is 13.8 Å². The van der Waals surface area contributed by atoms with Crippen molar-refractivity contribution in [3.63, 3.8) is 0 Å². The minimum Gasteiger partial charge on any atom is -0.477 e. The van der Waals surface area contributed by atoms with Crippen LogP contribution in [0, 0.1) is 5.92 Å². The van der Waals surface area contributed by atoms with Crippen molar-refractivity contribution in [2.24, 2.45) is 10.9 Å². The molecule has 0 bridgehead atoms. The van der Waals surface area contributed by atoms with Crippen molar-refractivity contribution < 1.29 is 14.1 Å². The molecule has 16 heavy (non-hydrogen) atoms. The van der Waals surface area contributed by atoms with Gasteiger partial charge in [-0.3, -0.25) is 0 Å². The summed E-state index contributed by atoms with van der Waals surface area (Å²) in [6.45, 7) is 4.65. The molecule has 1 unspecified atom stereocenters. The summed E-state index contributed by atoms with van der Waals surface area (Å²) in [7, 11) is -1.64. The van der Waals surface area contributed by atoms with Crippen LogP contribution in [-0.4, -0.2) is 31.9 Å². The molecule has 0 aromatic carbocycles. The Morgan fingerprint density at radius 3 is 2.88 bits per heavy atom. The first kappa shape index (κ1) is 11.1. The van der Waals surface area contributed by atoms with Crippen molar-refractivity contribution in [3.8, 4) is 0 Å². The van der Waals surface area contributed by atoms with Crippen LogP contribution >= 0.6 is 0 Å². The molecule has 2 rings (SSSR count). The highest BCUT2D eigenvalue weighted by Crippen LogP contribution is 2.25. The third-order valence-corrected chi connectivity index (χ3v) is 3.88. The molecule has 2 aliphatic rings. The number of carbonyl (C=O) groups is 1. The number of aliphatic imine (C=N–C) groups is 1. The topological polar surface area (TPSA) is 70.0 Å². The first-order valence-corrected chi connectivity index (χ1v) is 6.06. The lowest BCUT2D eigenvalue weighted by Crippen LogP contribution is -2.29. The molecule has 0 spiro atoms. The van der Waals surface area contributed by atoms with Gasteiger partial charge in [0.1, 0.15) is 15.7 Å². The summed E-state index contributed by atoms with van der Waals surface area (Å²) in [5.41, 5.74) is 1.10. The van der Waals surface area contributed by atoms with Crippen molar-refractivity contribution in [3.05, 3.63) is 22.9 Å². The van der Waals surface area contributed by atoms with Gasteiger partial charge in [-0.1, -0.05) is 13.8 Å². The first-order chi connectivity index (χ1) is 7.50. The van der Waals surface area contributed by atoms with Gasteiger partial charge in [0.25, 0.3) is 0 Å². The van der Waals surface area contributed by atoms with Crippen molar-refractivity contribution >= 4 is 21.9 Å². The maximum Gasteiger partial charge on any atom is 0.346 e. The average Bonchev–Trinajstić information content (AvgIpc) is 2.55. The fourth-order valence-corrected chi connectivity index (χ4v) is 2.58. The monoisotopic (exact) mass is 240 g/mol. The van der Waals surface area contributed by atoms with Crippen LogP contribution in [0.15, 0.2) is 27.9 Å². The Labute approximate surface area is 95.6 Å². The zero-order chi connectivity index (χ0) is 11.9. The lowest BCUT2D eigenvalue weighted by Gasteiger charge is -2.22. The lowest BCUT2D eigenvalue weighted by atomic mass is 10.0. The highest BCUT2D eigenvalue weighted by atomic mass is 32.2. The van der Waals surface area contributed by atoms with E-state index in [2.05, 4.69) is 4.99 Å². The zero-order valence-electron chi connectivity index (χ0n) is 9.01. The van der Waals surface area contributed by atoms with Gasteiger partial charge in [-0.05, 0) is 11.5 Å². The predicted octanol–water partition coefficient (Wildman–Crippen LogP) is 0.886. The summed E-state index contributed by atoms with van der Waals surface area (Å²) in [6, 6.07) is 0. The Hall–Kier alpha value is -1.43. The van der Waals surface area contributed by atoms with Crippen LogP contribution in [0.1, 0.15) is 13.8 Å². The smallest absolute Gasteiger partial charge is 0.346 e. The zero-order valence-corrected chi connectivity index (χ0v) is 9.82. The summed E-state index contributed by atoms with van der Waals surface area (Å²) in [5, 5.41) is 9.17. The largest absolute Gasteiger partial charge is 0.477 e. The van der Waals surface area contributed by atoms with Crippen LogP contribution < -0.4 is 0 Å². The van der Waals surface area contributed by atoms with Gasteiger partial charge in [-0.2, -0.15) is 0 Å². The fourth-order valence-electron chi connectivity index (χ4n) is 1.53. The number of carboxylic acids is 1. The normalized spacial score (nSPS) is 23.8. The molecule has 0 radical (unpaired) electrons. The van der Waals surface area contributed by atoms with Crippen molar-refractivity contribution in [2.75, 3.05) is 6.54 Å². The quantitative estimate of drug-likeness (QED) is 0.778. The van der Waals surface area contributed by atoms with Crippen LogP contribution in [0.25, 0.3) is 0 Å². The van der Waals surface area contributed by atoms with Gasteiger partial charge in [0.05, 0.1) is 0 Å². The molecule has 2 aliphatic heterocycles. The number of rotatable bonds is 2. The molecule has 0 aromatic heterocycles. The summed E-state index contributed by atoms with van der Waals surface area (Å²) in [4.78, 5) is 16.4. The highest BCUT2D eigenvalue weighted by Gasteiger charge is 2.34. The second-order valence-corrected chi connectivity index (χ2v) is 5.31. The number of carboxylic acid groups (broad SMARTS) is 1. The SMILES string of the molecule is CC(C)C1=CN=C2N(C=C(C(=O)O)S2=O)C1. The van der Waals surface area contributed by atoms with Gasteiger partial charge in [0, 0.05) is 18.9 Å². The van der Waals surface area contributed by atoms with Crippen LogP contribution in [0.5, 0.6) is 0 Å². The molecule has 1 N–H and O–H groups in total. The molecule has 86 valence electrons. The molecule has 2 heterocycles. The third-order valence-electron chi connectivity index (χ3n) is 2.53. The van der Waals surface area contributed by atoms with E-state index >= 15 is 0 Å². The van der Waals surface area contributed by atoms with Crippen LogP contribution in [-0.2, 0) is 15.6 Å². The van der Waals surface area contributed by atoms with Crippen molar-refractivity contribution in [2.45, 2.75) is 13.8 Å². The molecular weight excluding hydrogens is 228 g/mol. The van der Waals surface area contributed by atoms with Gasteiger partial charge in [-0.15, -0.1) is 0 Å². The van der Waals surface area contributed by atoms with Crippen molar-refractivity contribution in [1.29, 1.82) is 0 Å². The number of nitrogens with zero attached hydrogens (tertiary/aromatic N) is 2. The Morgan fingerprint density at radius 2 is 2.31 bits per heavy atom. The standard InChI is InChI=1S/C10H12N2O3S/c1-6(2)7-3-11-10-12(4-7)5-8(9(13)14)16(10)15/h3,5-6H,4H2,1-2H3,(H,13,14). The molecule has 0 saturated heterocycles. The van der Waals surface area contributed by atoms with Gasteiger partial charge >= 0.3 is 5.97 Å². The lowest BCUT2D eigenvalue weighted by molar-refractivity contribution is -0.131. The highest BCUT2D eigenvalue weighted by molar-refractivity contribution is 8.05. The molecule has 0 fully saturated rings. The minimum absolute atomic E-state index is 0.0999. The Balaban J connectivity index is 2.32. The van der Waals surface area contributed by atoms with E-state index in [9.17, 15) is 9.00 Å². The number of fused-ring (bicyclic) bond motifs is 1. The van der Waals surface area contributed by atoms with E-state index in [4.69, 9.17) is 5.11 Å². The molecule has 0 amide bonds. The summed E-state index contributed by atoms with van der Waals surface area (Å²) in [6.07, 6.45) is 3.10. The Morgan fingerprint density at radius 1 is 1.62 bits per heavy atom. The van der Waals surface area contributed by atoms with E-state index < -0.39 is 16.8 Å². The van der Waals surface area contributed by atoms with E-state index in [-0.39, 0.29) is 4.91 Å². The van der Waals surface area contributed by atoms with E-state index in [0.717, 1.165) is 5.57 Å². The number of amidine groups is 1. The maximum atomic E-state index is 11.7. The fraction of sp³-hybridized carbons (Fsp3) is 0.400. The second-order valence-electron chi connectivity index (χ2n) is 3.97. The third kappa shape index (κ3) is 1.69. The maximum absolute atomic E-state index is 11.7. The summed E-state index contributed by atoms with van der Waals surface area (Å²) in [5.74, 6) is -0.803. The molecular formula is C10H12N2O3S. The number of hydrogen-bond acceptors (Lipinski definition) is 4. The number of aliphatic carboxylic acids is 1. The molecule has 6 heteroatoms. The molecule has 0 aliphatic carbocycles. The van der Waals surface area contributed by atoms with Crippen LogP contribution in [0.4, 0.5) is 0 Å². The second kappa shape index (κ2) is 3.86. The minimum atomic E-state index is -1.64. The van der Waals surface area contributed by atoms with Gasteiger partial charge < -0.3 is 10.0 Å². The molecule has 0 saturated carbocycles. The Kier molecular flexibility index (Phi) is 2.67. The number of hydrogen-bond donors (Lipinski definition) is 1. The molecule has 0 aromatic rings. The van der Waals surface area contributed by atoms with E-state index in [1.54, 1.807) is 11.1 Å². The molecule has 1 atom stereocenters. The van der Waals surface area contributed by atoms with Gasteiger partial charge in [-0.25, -0.2) is 14.0 Å². The van der Waals surface area contributed by atoms with Crippen LogP contribution in [0.3, 0.4) is 0 Å². The van der Waals surface area contributed by atoms with Gasteiger partial charge in [0.15, 0.2) is 0 Å². The van der Waals surface area contributed by atoms with Crippen LogP contribution in [0.2, 0.25) is 0 Å². The molecule has 5 nitrogen and oxygen atoms in total. The van der Waals surface area contributed by atoms with E-state index in [1.165, 1.54) is 6.20 Å². The van der Waals surface area contributed by atoms with E-state index in [0.29, 0.717) is 17.6 Å². The Bertz CT molecular complexity index is 463. The summed E-state index contributed by atoms with van der Waals surface area (Å²) >= 11 is 0. The van der Waals surface area contributed by atoms with Gasteiger partial charge in [0.2, 0.25) is 5.17 Å². The summed E-state index contributed by atoms with van der Waals surface area (Å²) < 4.78 is 11.7.